The van der Waals surface area contributed by atoms with Gasteiger partial charge in [0.25, 0.3) is 0 Å². The van der Waals surface area contributed by atoms with Crippen LogP contribution in [0.4, 0.5) is 0 Å². The maximum Gasteiger partial charge on any atom is 0.230 e. The SMILES string of the molecule is C=CCNC(=O)CSc1nnnn1-c1ccc(C)cc1C. The summed E-state index contributed by atoms with van der Waals surface area (Å²) in [4.78, 5) is 11.6. The van der Waals surface area contributed by atoms with Crippen molar-refractivity contribution in [3.05, 3.63) is 42.0 Å². The molecular formula is C14H17N5OS. The second-order valence-electron chi connectivity index (χ2n) is 4.54. The third-order valence-electron chi connectivity index (χ3n) is 2.80. The van der Waals surface area contributed by atoms with E-state index in [0.29, 0.717) is 11.7 Å². The summed E-state index contributed by atoms with van der Waals surface area (Å²) in [5.74, 6) is 0.189. The molecule has 2 rings (SSSR count). The molecule has 1 N–H and O–H groups in total. The summed E-state index contributed by atoms with van der Waals surface area (Å²) in [6.07, 6.45) is 1.64. The molecule has 0 aliphatic carbocycles. The molecule has 0 radical (unpaired) electrons. The molecule has 1 heterocycles. The van der Waals surface area contributed by atoms with E-state index in [9.17, 15) is 4.79 Å². The Morgan fingerprint density at radius 3 is 3.00 bits per heavy atom. The molecule has 21 heavy (non-hydrogen) atoms. The first-order valence-electron chi connectivity index (χ1n) is 6.48. The van der Waals surface area contributed by atoms with Crippen molar-refractivity contribution in [1.82, 2.24) is 25.5 Å². The standard InChI is InChI=1S/C14H17N5OS/c1-4-7-15-13(20)9-21-14-16-17-18-19(14)12-6-5-10(2)8-11(12)3/h4-6,8H,1,7,9H2,2-3H3,(H,15,20). The lowest BCUT2D eigenvalue weighted by Gasteiger charge is -2.08. The van der Waals surface area contributed by atoms with E-state index in [1.54, 1.807) is 10.8 Å². The minimum absolute atomic E-state index is 0.0740. The van der Waals surface area contributed by atoms with Gasteiger partial charge in [0.05, 0.1) is 11.4 Å². The Morgan fingerprint density at radius 1 is 1.48 bits per heavy atom. The van der Waals surface area contributed by atoms with Crippen molar-refractivity contribution in [2.24, 2.45) is 0 Å². The highest BCUT2D eigenvalue weighted by Gasteiger charge is 2.12. The normalized spacial score (nSPS) is 10.4. The largest absolute Gasteiger partial charge is 0.352 e. The highest BCUT2D eigenvalue weighted by atomic mass is 32.2. The fourth-order valence-corrected chi connectivity index (χ4v) is 2.54. The molecule has 0 aliphatic heterocycles. The molecule has 2 aromatic rings. The van der Waals surface area contributed by atoms with Gasteiger partial charge in [0.1, 0.15) is 0 Å². The summed E-state index contributed by atoms with van der Waals surface area (Å²) in [6, 6.07) is 6.06. The van der Waals surface area contributed by atoms with E-state index in [-0.39, 0.29) is 11.7 Å². The van der Waals surface area contributed by atoms with Gasteiger partial charge in [-0.15, -0.1) is 11.7 Å². The maximum absolute atomic E-state index is 11.6. The van der Waals surface area contributed by atoms with Crippen molar-refractivity contribution in [2.75, 3.05) is 12.3 Å². The number of aromatic nitrogens is 4. The number of carbonyl (C=O) groups is 1. The van der Waals surface area contributed by atoms with Gasteiger partial charge in [0.2, 0.25) is 11.1 Å². The Labute approximate surface area is 127 Å². The predicted molar refractivity (Wildman–Crippen MR) is 82.6 cm³/mol. The lowest BCUT2D eigenvalue weighted by molar-refractivity contribution is -0.118. The number of rotatable bonds is 6. The van der Waals surface area contributed by atoms with Crippen molar-refractivity contribution in [3.63, 3.8) is 0 Å². The fourth-order valence-electron chi connectivity index (χ4n) is 1.83. The molecule has 0 saturated heterocycles. The van der Waals surface area contributed by atoms with Gasteiger partial charge in [0, 0.05) is 6.54 Å². The Hall–Kier alpha value is -2.15. The average Bonchev–Trinajstić information content (AvgIpc) is 2.91. The number of thioether (sulfide) groups is 1. The number of nitrogens with one attached hydrogen (secondary N) is 1. The predicted octanol–water partition coefficient (Wildman–Crippen LogP) is 1.67. The smallest absolute Gasteiger partial charge is 0.230 e. The lowest BCUT2D eigenvalue weighted by Crippen LogP contribution is -2.25. The van der Waals surface area contributed by atoms with E-state index in [1.165, 1.54) is 17.3 Å². The molecule has 0 aliphatic rings. The molecule has 7 heteroatoms. The van der Waals surface area contributed by atoms with Crippen LogP contribution < -0.4 is 5.32 Å². The van der Waals surface area contributed by atoms with Crippen LogP contribution in [0.3, 0.4) is 0 Å². The first kappa shape index (κ1) is 15.2. The number of tetrazole rings is 1. The van der Waals surface area contributed by atoms with Gasteiger partial charge in [-0.05, 0) is 35.9 Å². The second-order valence-corrected chi connectivity index (χ2v) is 5.49. The van der Waals surface area contributed by atoms with Crippen LogP contribution >= 0.6 is 11.8 Å². The van der Waals surface area contributed by atoms with Gasteiger partial charge in [-0.25, -0.2) is 0 Å². The van der Waals surface area contributed by atoms with Gasteiger partial charge >= 0.3 is 0 Å². The Balaban J connectivity index is 2.11. The molecule has 1 aromatic carbocycles. The minimum atomic E-state index is -0.0740. The molecular weight excluding hydrogens is 286 g/mol. The first-order valence-corrected chi connectivity index (χ1v) is 7.46. The quantitative estimate of drug-likeness (QED) is 0.649. The topological polar surface area (TPSA) is 72.7 Å². The summed E-state index contributed by atoms with van der Waals surface area (Å²) < 4.78 is 1.65. The third-order valence-corrected chi connectivity index (χ3v) is 3.72. The van der Waals surface area contributed by atoms with Crippen molar-refractivity contribution >= 4 is 17.7 Å². The number of benzene rings is 1. The van der Waals surface area contributed by atoms with E-state index >= 15 is 0 Å². The molecule has 110 valence electrons. The first-order chi connectivity index (χ1) is 10.1. The van der Waals surface area contributed by atoms with E-state index in [2.05, 4.69) is 33.5 Å². The number of nitrogens with zero attached hydrogens (tertiary/aromatic N) is 4. The van der Waals surface area contributed by atoms with E-state index in [1.807, 2.05) is 26.0 Å². The minimum Gasteiger partial charge on any atom is -0.352 e. The van der Waals surface area contributed by atoms with Crippen LogP contribution in [0.15, 0.2) is 36.0 Å². The van der Waals surface area contributed by atoms with Crippen LogP contribution in [0.25, 0.3) is 5.69 Å². The van der Waals surface area contributed by atoms with Crippen LogP contribution in [0, 0.1) is 13.8 Å². The van der Waals surface area contributed by atoms with Crippen LogP contribution in [0.1, 0.15) is 11.1 Å². The van der Waals surface area contributed by atoms with Crippen molar-refractivity contribution in [2.45, 2.75) is 19.0 Å². The van der Waals surface area contributed by atoms with E-state index in [4.69, 9.17) is 0 Å². The Bertz CT molecular complexity index is 653. The molecule has 6 nitrogen and oxygen atoms in total. The maximum atomic E-state index is 11.6. The van der Waals surface area contributed by atoms with Gasteiger partial charge in [-0.2, -0.15) is 4.68 Å². The highest BCUT2D eigenvalue weighted by Crippen LogP contribution is 2.21. The number of amides is 1. The van der Waals surface area contributed by atoms with E-state index in [0.717, 1.165) is 11.3 Å². The number of hydrogen-bond acceptors (Lipinski definition) is 5. The van der Waals surface area contributed by atoms with Crippen LogP contribution in [-0.2, 0) is 4.79 Å². The zero-order valence-electron chi connectivity index (χ0n) is 12.0. The van der Waals surface area contributed by atoms with E-state index < -0.39 is 0 Å². The van der Waals surface area contributed by atoms with Gasteiger partial charge < -0.3 is 5.32 Å². The summed E-state index contributed by atoms with van der Waals surface area (Å²) in [5.41, 5.74) is 3.18. The number of carbonyl (C=O) groups excluding carboxylic acids is 1. The fraction of sp³-hybridized carbons (Fsp3) is 0.286. The lowest BCUT2D eigenvalue weighted by atomic mass is 10.1. The molecule has 0 atom stereocenters. The highest BCUT2D eigenvalue weighted by molar-refractivity contribution is 7.99. The molecule has 0 bridgehead atoms. The Morgan fingerprint density at radius 2 is 2.29 bits per heavy atom. The summed E-state index contributed by atoms with van der Waals surface area (Å²) in [6.45, 7) is 8.06. The van der Waals surface area contributed by atoms with Crippen LogP contribution in [0.5, 0.6) is 0 Å². The summed E-state index contributed by atoms with van der Waals surface area (Å²) in [7, 11) is 0. The monoisotopic (exact) mass is 303 g/mol. The molecule has 0 unspecified atom stereocenters. The average molecular weight is 303 g/mol. The van der Waals surface area contributed by atoms with Gasteiger partial charge in [0.15, 0.2) is 0 Å². The van der Waals surface area contributed by atoms with Crippen molar-refractivity contribution in [1.29, 1.82) is 0 Å². The summed E-state index contributed by atoms with van der Waals surface area (Å²) in [5, 5.41) is 15.0. The molecule has 0 saturated carbocycles. The van der Waals surface area contributed by atoms with Crippen molar-refractivity contribution in [3.8, 4) is 5.69 Å². The van der Waals surface area contributed by atoms with Crippen LogP contribution in [-0.4, -0.2) is 38.4 Å². The summed E-state index contributed by atoms with van der Waals surface area (Å²) >= 11 is 1.30. The zero-order chi connectivity index (χ0) is 15.2. The van der Waals surface area contributed by atoms with Crippen molar-refractivity contribution < 1.29 is 4.79 Å². The molecule has 0 fully saturated rings. The number of hydrogen-bond donors (Lipinski definition) is 1. The molecule has 1 aromatic heterocycles. The Kier molecular flexibility index (Phi) is 5.10. The van der Waals surface area contributed by atoms with Gasteiger partial charge in [-0.3, -0.25) is 4.79 Å². The molecule has 0 spiro atoms. The number of aryl methyl sites for hydroxylation is 2. The van der Waals surface area contributed by atoms with Crippen LogP contribution in [0.2, 0.25) is 0 Å². The van der Waals surface area contributed by atoms with Gasteiger partial charge in [-0.1, -0.05) is 35.5 Å². The molecule has 1 amide bonds. The second kappa shape index (κ2) is 7.03. The zero-order valence-corrected chi connectivity index (χ0v) is 12.9. The third kappa shape index (κ3) is 3.91.